The third kappa shape index (κ3) is 3.77. The molecule has 1 aromatic rings. The van der Waals surface area contributed by atoms with Crippen molar-refractivity contribution in [2.75, 3.05) is 13.7 Å². The normalized spacial score (nSPS) is 11.0. The molecule has 0 aliphatic heterocycles. The molecule has 0 saturated carbocycles. The van der Waals surface area contributed by atoms with Gasteiger partial charge < -0.3 is 9.47 Å². The quantitative estimate of drug-likeness (QED) is 0.565. The first-order valence-electron chi connectivity index (χ1n) is 5.23. The lowest BCUT2D eigenvalue weighted by Crippen LogP contribution is -2.06. The fraction of sp³-hybridized carbons (Fsp3) is 0.308. The largest absolute Gasteiger partial charge is 0.490 e. The number of carbonyl (C=O) groups is 1. The SMILES string of the molecule is CCC(=CCOc1ccccc1)C(=O)OC. The Balaban J connectivity index is 2.49. The summed E-state index contributed by atoms with van der Waals surface area (Å²) in [5.41, 5.74) is 0.637. The Morgan fingerprint density at radius 3 is 2.56 bits per heavy atom. The average molecular weight is 220 g/mol. The molecule has 0 aliphatic rings. The third-order valence-corrected chi connectivity index (χ3v) is 2.15. The summed E-state index contributed by atoms with van der Waals surface area (Å²) in [6, 6.07) is 9.48. The van der Waals surface area contributed by atoms with Crippen molar-refractivity contribution in [3.05, 3.63) is 42.0 Å². The molecule has 0 bridgehead atoms. The van der Waals surface area contributed by atoms with Crippen LogP contribution in [0.4, 0.5) is 0 Å². The first kappa shape index (κ1) is 12.3. The van der Waals surface area contributed by atoms with E-state index in [1.807, 2.05) is 37.3 Å². The van der Waals surface area contributed by atoms with Gasteiger partial charge in [-0.15, -0.1) is 0 Å². The van der Waals surface area contributed by atoms with Gasteiger partial charge in [0, 0.05) is 5.57 Å². The van der Waals surface area contributed by atoms with Crippen molar-refractivity contribution in [1.82, 2.24) is 0 Å². The second-order valence-corrected chi connectivity index (χ2v) is 3.20. The molecule has 1 rings (SSSR count). The van der Waals surface area contributed by atoms with E-state index in [0.717, 1.165) is 5.75 Å². The summed E-state index contributed by atoms with van der Waals surface area (Å²) >= 11 is 0. The van der Waals surface area contributed by atoms with Gasteiger partial charge >= 0.3 is 5.97 Å². The van der Waals surface area contributed by atoms with E-state index < -0.39 is 0 Å². The number of hydrogen-bond acceptors (Lipinski definition) is 3. The van der Waals surface area contributed by atoms with Gasteiger partial charge in [0.15, 0.2) is 0 Å². The van der Waals surface area contributed by atoms with Crippen molar-refractivity contribution in [3.8, 4) is 5.75 Å². The number of benzene rings is 1. The van der Waals surface area contributed by atoms with Crippen LogP contribution in [-0.4, -0.2) is 19.7 Å². The Morgan fingerprint density at radius 2 is 2.00 bits per heavy atom. The maximum Gasteiger partial charge on any atom is 0.333 e. The van der Waals surface area contributed by atoms with Gasteiger partial charge in [-0.25, -0.2) is 4.79 Å². The number of methoxy groups -OCH3 is 1. The third-order valence-electron chi connectivity index (χ3n) is 2.15. The minimum absolute atomic E-state index is 0.292. The molecule has 0 aromatic heterocycles. The van der Waals surface area contributed by atoms with E-state index in [4.69, 9.17) is 4.74 Å². The molecule has 0 unspecified atom stereocenters. The van der Waals surface area contributed by atoms with E-state index >= 15 is 0 Å². The van der Waals surface area contributed by atoms with Gasteiger partial charge in [0.05, 0.1) is 7.11 Å². The Bertz CT molecular complexity index is 355. The molecule has 0 aliphatic carbocycles. The zero-order valence-corrected chi connectivity index (χ0v) is 9.60. The zero-order chi connectivity index (χ0) is 11.8. The van der Waals surface area contributed by atoms with Crippen LogP contribution in [0, 0.1) is 0 Å². The molecule has 3 nitrogen and oxygen atoms in total. The van der Waals surface area contributed by atoms with Crippen LogP contribution >= 0.6 is 0 Å². The summed E-state index contributed by atoms with van der Waals surface area (Å²) in [5.74, 6) is 0.498. The van der Waals surface area contributed by atoms with Gasteiger partial charge in [0.25, 0.3) is 0 Å². The van der Waals surface area contributed by atoms with E-state index in [1.54, 1.807) is 6.08 Å². The standard InChI is InChI=1S/C13H16O3/c1-3-11(13(14)15-2)9-10-16-12-7-5-4-6-8-12/h4-9H,3,10H2,1-2H3. The Labute approximate surface area is 95.7 Å². The van der Waals surface area contributed by atoms with Crippen molar-refractivity contribution < 1.29 is 14.3 Å². The van der Waals surface area contributed by atoms with Crippen molar-refractivity contribution in [2.45, 2.75) is 13.3 Å². The van der Waals surface area contributed by atoms with Crippen LogP contribution in [0.15, 0.2) is 42.0 Å². The van der Waals surface area contributed by atoms with E-state index in [1.165, 1.54) is 7.11 Å². The number of carbonyl (C=O) groups excluding carboxylic acids is 1. The molecule has 0 amide bonds. The minimum Gasteiger partial charge on any atom is -0.490 e. The number of esters is 1. The molecule has 3 heteroatoms. The monoisotopic (exact) mass is 220 g/mol. The highest BCUT2D eigenvalue weighted by atomic mass is 16.5. The van der Waals surface area contributed by atoms with E-state index in [9.17, 15) is 4.79 Å². The molecular weight excluding hydrogens is 204 g/mol. The van der Waals surface area contributed by atoms with E-state index in [0.29, 0.717) is 18.6 Å². The number of hydrogen-bond donors (Lipinski definition) is 0. The lowest BCUT2D eigenvalue weighted by Gasteiger charge is -2.04. The second kappa shape index (κ2) is 6.67. The lowest BCUT2D eigenvalue weighted by molar-refractivity contribution is -0.136. The van der Waals surface area contributed by atoms with Crippen molar-refractivity contribution in [3.63, 3.8) is 0 Å². The fourth-order valence-electron chi connectivity index (χ4n) is 1.26. The van der Waals surface area contributed by atoms with Gasteiger partial charge in [0.1, 0.15) is 12.4 Å². The summed E-state index contributed by atoms with van der Waals surface area (Å²) < 4.78 is 10.1. The van der Waals surface area contributed by atoms with Crippen LogP contribution in [-0.2, 0) is 9.53 Å². The van der Waals surface area contributed by atoms with Gasteiger partial charge in [-0.3, -0.25) is 0 Å². The highest BCUT2D eigenvalue weighted by Crippen LogP contribution is 2.09. The van der Waals surface area contributed by atoms with Gasteiger partial charge in [-0.2, -0.15) is 0 Å². The lowest BCUT2D eigenvalue weighted by atomic mass is 10.2. The maximum absolute atomic E-state index is 11.2. The van der Waals surface area contributed by atoms with Gasteiger partial charge in [-0.1, -0.05) is 25.1 Å². The summed E-state index contributed by atoms with van der Waals surface area (Å²) in [6.45, 7) is 2.29. The molecule has 0 fully saturated rings. The summed E-state index contributed by atoms with van der Waals surface area (Å²) in [4.78, 5) is 11.2. The molecule has 16 heavy (non-hydrogen) atoms. The molecule has 1 aromatic carbocycles. The predicted molar refractivity (Wildman–Crippen MR) is 62.3 cm³/mol. The second-order valence-electron chi connectivity index (χ2n) is 3.20. The van der Waals surface area contributed by atoms with Crippen LogP contribution in [0.1, 0.15) is 13.3 Å². The van der Waals surface area contributed by atoms with Crippen molar-refractivity contribution in [1.29, 1.82) is 0 Å². The van der Waals surface area contributed by atoms with Crippen LogP contribution < -0.4 is 4.74 Å². The first-order chi connectivity index (χ1) is 7.77. The highest BCUT2D eigenvalue weighted by molar-refractivity contribution is 5.88. The Morgan fingerprint density at radius 1 is 1.31 bits per heavy atom. The minimum atomic E-state index is -0.292. The van der Waals surface area contributed by atoms with Gasteiger partial charge in [0.2, 0.25) is 0 Å². The average Bonchev–Trinajstić information content (AvgIpc) is 2.35. The number of rotatable bonds is 5. The van der Waals surface area contributed by atoms with Crippen LogP contribution in [0.2, 0.25) is 0 Å². The highest BCUT2D eigenvalue weighted by Gasteiger charge is 2.05. The summed E-state index contributed by atoms with van der Waals surface area (Å²) in [6.07, 6.45) is 2.39. The Hall–Kier alpha value is -1.77. The maximum atomic E-state index is 11.2. The number of ether oxygens (including phenoxy) is 2. The number of para-hydroxylation sites is 1. The predicted octanol–water partition coefficient (Wildman–Crippen LogP) is 2.57. The molecule has 0 atom stereocenters. The van der Waals surface area contributed by atoms with Crippen LogP contribution in [0.5, 0.6) is 5.75 Å². The molecule has 0 N–H and O–H groups in total. The fourth-order valence-corrected chi connectivity index (χ4v) is 1.26. The summed E-state index contributed by atoms with van der Waals surface area (Å²) in [5, 5.41) is 0. The smallest absolute Gasteiger partial charge is 0.333 e. The van der Waals surface area contributed by atoms with Gasteiger partial charge in [-0.05, 0) is 24.6 Å². The Kier molecular flexibility index (Phi) is 5.12. The van der Waals surface area contributed by atoms with Crippen LogP contribution in [0.25, 0.3) is 0 Å². The molecule has 0 heterocycles. The molecule has 86 valence electrons. The summed E-state index contributed by atoms with van der Waals surface area (Å²) in [7, 11) is 1.38. The topological polar surface area (TPSA) is 35.5 Å². The molecule has 0 saturated heterocycles. The van der Waals surface area contributed by atoms with Crippen molar-refractivity contribution in [2.24, 2.45) is 0 Å². The van der Waals surface area contributed by atoms with E-state index in [-0.39, 0.29) is 5.97 Å². The van der Waals surface area contributed by atoms with E-state index in [2.05, 4.69) is 4.74 Å². The molecular formula is C13H16O3. The molecule has 0 spiro atoms. The zero-order valence-electron chi connectivity index (χ0n) is 9.60. The van der Waals surface area contributed by atoms with Crippen molar-refractivity contribution >= 4 is 5.97 Å². The molecule has 0 radical (unpaired) electrons. The first-order valence-corrected chi connectivity index (χ1v) is 5.23. The van der Waals surface area contributed by atoms with Crippen LogP contribution in [0.3, 0.4) is 0 Å².